The smallest absolute Gasteiger partial charge is 0.410 e. The van der Waals surface area contributed by atoms with Gasteiger partial charge in [-0.15, -0.1) is 0 Å². The third kappa shape index (κ3) is 7.46. The molecule has 0 aromatic heterocycles. The number of nitrogens with zero attached hydrogens (tertiary/aromatic N) is 7. The molecule has 8 saturated heterocycles. The number of rotatable bonds is 9. The number of ether oxygens (including phenoxy) is 1. The quantitative estimate of drug-likeness (QED) is 0.190. The van der Waals surface area contributed by atoms with Crippen molar-refractivity contribution in [2.75, 3.05) is 90.5 Å². The Morgan fingerprint density at radius 3 is 2.47 bits per heavy atom. The highest BCUT2D eigenvalue weighted by Gasteiger charge is 2.57. The van der Waals surface area contributed by atoms with Crippen LogP contribution in [0, 0.1) is 5.92 Å². The first-order chi connectivity index (χ1) is 29.9. The van der Waals surface area contributed by atoms with Gasteiger partial charge in [-0.1, -0.05) is 12.8 Å². The number of hydrogen-bond donors (Lipinski definition) is 5. The van der Waals surface area contributed by atoms with Crippen molar-refractivity contribution in [3.8, 4) is 0 Å². The van der Waals surface area contributed by atoms with Crippen molar-refractivity contribution in [3.63, 3.8) is 0 Å². The molecule has 10 rings (SSSR count). The van der Waals surface area contributed by atoms with Gasteiger partial charge in [0.25, 0.3) is 11.8 Å². The summed E-state index contributed by atoms with van der Waals surface area (Å²) in [6.07, 6.45) is 7.39. The fourth-order valence-corrected chi connectivity index (χ4v) is 12.2. The van der Waals surface area contributed by atoms with Gasteiger partial charge in [-0.3, -0.25) is 69.8 Å². The van der Waals surface area contributed by atoms with E-state index in [0.717, 1.165) is 127 Å². The predicted molar refractivity (Wildman–Crippen MR) is 225 cm³/mol. The maximum Gasteiger partial charge on any atom is 0.410 e. The number of hydrazine groups is 1. The third-order valence-electron chi connectivity index (χ3n) is 15.5. The Morgan fingerprint density at radius 1 is 0.903 bits per heavy atom. The molecule has 1 spiro atoms. The van der Waals surface area contributed by atoms with E-state index in [4.69, 9.17) is 10.5 Å². The molecular formula is C43H62N12O7. The molecular weight excluding hydrogens is 797 g/mol. The Labute approximate surface area is 362 Å². The molecule has 0 bridgehead atoms. The van der Waals surface area contributed by atoms with Crippen LogP contribution < -0.4 is 32.0 Å². The third-order valence-corrected chi connectivity index (χ3v) is 15.5. The SMILES string of the molecule is CN1CC(NC2NC(N3CCC[C@@H](N4CC5(CN(CC6CCN(c7ccc8c(c7)C(=O)N([C@H]7CCC(=O)NC7=O)C8=O)CC6)C5)OC4=O)C3)CN3CCCCCC23C(N)=O)CN1. The second kappa shape index (κ2) is 16.4. The number of primary amides is 1. The summed E-state index contributed by atoms with van der Waals surface area (Å²) in [7, 11) is 2.03. The molecule has 6 N–H and O–H groups in total. The van der Waals surface area contributed by atoms with Gasteiger partial charge in [-0.2, -0.15) is 0 Å². The molecule has 9 aliphatic rings. The lowest BCUT2D eigenvalue weighted by atomic mass is 9.84. The Bertz CT molecular complexity index is 1990. The number of piperidine rings is 3. The highest BCUT2D eigenvalue weighted by atomic mass is 16.6. The fraction of sp³-hybridized carbons (Fsp3) is 0.721. The molecule has 6 amide bonds. The maximum atomic E-state index is 13.6. The molecule has 1 aromatic rings. The van der Waals surface area contributed by atoms with Crippen LogP contribution in [-0.2, 0) is 19.1 Å². The van der Waals surface area contributed by atoms with E-state index in [-0.39, 0.29) is 54.8 Å². The second-order valence-electron chi connectivity index (χ2n) is 19.5. The average molecular weight is 859 g/mol. The molecule has 19 nitrogen and oxygen atoms in total. The number of nitrogens with two attached hydrogens (primary N) is 1. The molecule has 9 aliphatic heterocycles. The number of fused-ring (bicyclic) bond motifs is 2. The van der Waals surface area contributed by atoms with Crippen molar-refractivity contribution in [1.29, 1.82) is 0 Å². The molecule has 1 aromatic carbocycles. The highest BCUT2D eigenvalue weighted by Crippen LogP contribution is 2.39. The van der Waals surface area contributed by atoms with Crippen LogP contribution in [0.15, 0.2) is 18.2 Å². The number of anilines is 1. The van der Waals surface area contributed by atoms with Gasteiger partial charge >= 0.3 is 6.09 Å². The molecule has 19 heteroatoms. The number of amides is 6. The van der Waals surface area contributed by atoms with Gasteiger partial charge in [-0.05, 0) is 82.2 Å². The van der Waals surface area contributed by atoms with Gasteiger partial charge in [0.2, 0.25) is 17.7 Å². The summed E-state index contributed by atoms with van der Waals surface area (Å²) < 4.78 is 6.19. The first-order valence-corrected chi connectivity index (χ1v) is 23.0. The lowest BCUT2D eigenvalue weighted by molar-refractivity contribution is -0.141. The Morgan fingerprint density at radius 2 is 1.71 bits per heavy atom. The zero-order valence-corrected chi connectivity index (χ0v) is 35.8. The average Bonchev–Trinajstić information content (AvgIpc) is 3.83. The van der Waals surface area contributed by atoms with Crippen LogP contribution in [0.2, 0.25) is 0 Å². The number of likely N-dealkylation sites (N-methyl/N-ethyl adjacent to an activating group) is 1. The van der Waals surface area contributed by atoms with Crippen molar-refractivity contribution in [1.82, 2.24) is 50.9 Å². The highest BCUT2D eigenvalue weighted by molar-refractivity contribution is 6.23. The van der Waals surface area contributed by atoms with Gasteiger partial charge in [0.15, 0.2) is 5.60 Å². The molecule has 0 aliphatic carbocycles. The fourth-order valence-electron chi connectivity index (χ4n) is 12.2. The first-order valence-electron chi connectivity index (χ1n) is 23.0. The van der Waals surface area contributed by atoms with E-state index in [0.29, 0.717) is 24.6 Å². The minimum absolute atomic E-state index is 0.0101. The largest absolute Gasteiger partial charge is 0.438 e. The number of carbonyl (C=O) groups excluding carboxylic acids is 6. The van der Waals surface area contributed by atoms with E-state index in [2.05, 4.69) is 46.0 Å². The maximum absolute atomic E-state index is 13.6. The molecule has 4 unspecified atom stereocenters. The van der Waals surface area contributed by atoms with Gasteiger partial charge in [-0.25, -0.2) is 9.80 Å². The Balaban J connectivity index is 0.719. The van der Waals surface area contributed by atoms with E-state index in [1.807, 2.05) is 18.0 Å². The van der Waals surface area contributed by atoms with Crippen LogP contribution in [0.4, 0.5) is 10.5 Å². The van der Waals surface area contributed by atoms with E-state index in [1.54, 1.807) is 12.1 Å². The number of nitrogens with one attached hydrogen (secondary N) is 4. The lowest BCUT2D eigenvalue weighted by Gasteiger charge is -2.55. The summed E-state index contributed by atoms with van der Waals surface area (Å²) in [6.45, 7) is 9.43. The normalized spacial score (nSPS) is 34.0. The number of carbonyl (C=O) groups is 6. The summed E-state index contributed by atoms with van der Waals surface area (Å²) in [6, 6.07) is 4.57. The van der Waals surface area contributed by atoms with Crippen molar-refractivity contribution in [3.05, 3.63) is 29.3 Å². The van der Waals surface area contributed by atoms with Crippen molar-refractivity contribution in [2.45, 2.75) is 106 Å². The molecule has 8 fully saturated rings. The predicted octanol–water partition coefficient (Wildman–Crippen LogP) is -0.961. The van der Waals surface area contributed by atoms with Crippen LogP contribution in [-0.4, -0.2) is 192 Å². The molecule has 62 heavy (non-hydrogen) atoms. The van der Waals surface area contributed by atoms with E-state index >= 15 is 0 Å². The molecule has 0 radical (unpaired) electrons. The van der Waals surface area contributed by atoms with Crippen LogP contribution in [0.5, 0.6) is 0 Å². The van der Waals surface area contributed by atoms with E-state index in [1.165, 1.54) is 0 Å². The van der Waals surface area contributed by atoms with E-state index < -0.39 is 40.8 Å². The van der Waals surface area contributed by atoms with Crippen LogP contribution in [0.3, 0.4) is 0 Å². The summed E-state index contributed by atoms with van der Waals surface area (Å²) in [5.74, 6) is -1.78. The standard InChI is InChI=1S/C43H62N12O7/c1-49-21-28(19-45-49)46-40-43(39(44)60)13-3-2-4-15-53(43)23-34(47-40)52-14-5-6-30(22-52)54-26-42(62-41(54)61)24-50(25-42)20-27-11-16-51(17-12-27)29-7-8-31-32(18-29)38(59)55(37(31)58)33-9-10-35(56)48-36(33)57/h7-8,18,27-28,30,33-34,40,45-47H,2-6,9-17,19-26H2,1H3,(H2,44,60)(H,48,56,57)/t28?,30-,33+,34?,40?,43?/m1/s1. The summed E-state index contributed by atoms with van der Waals surface area (Å²) in [5.41, 5.74) is 9.87. The van der Waals surface area contributed by atoms with Gasteiger partial charge in [0.1, 0.15) is 11.6 Å². The zero-order chi connectivity index (χ0) is 42.9. The van der Waals surface area contributed by atoms with Gasteiger partial charge in [0.05, 0.1) is 30.0 Å². The van der Waals surface area contributed by atoms with Crippen LogP contribution >= 0.6 is 0 Å². The summed E-state index contributed by atoms with van der Waals surface area (Å²) >= 11 is 0. The van der Waals surface area contributed by atoms with Gasteiger partial charge in [0, 0.05) is 90.1 Å². The van der Waals surface area contributed by atoms with Crippen LogP contribution in [0.25, 0.3) is 0 Å². The molecule has 6 atom stereocenters. The molecule has 9 heterocycles. The van der Waals surface area contributed by atoms with Gasteiger partial charge < -0.3 is 15.4 Å². The zero-order valence-electron chi connectivity index (χ0n) is 35.8. The number of piperazine rings is 1. The number of hydrogen-bond acceptors (Lipinski definition) is 15. The Kier molecular flexibility index (Phi) is 11.0. The van der Waals surface area contributed by atoms with Crippen molar-refractivity contribution in [2.24, 2.45) is 11.7 Å². The van der Waals surface area contributed by atoms with E-state index in [9.17, 15) is 28.8 Å². The topological polar surface area (TPSA) is 208 Å². The second-order valence-corrected chi connectivity index (χ2v) is 19.5. The van der Waals surface area contributed by atoms with Crippen molar-refractivity contribution >= 4 is 41.3 Å². The summed E-state index contributed by atoms with van der Waals surface area (Å²) in [4.78, 5) is 90.2. The monoisotopic (exact) mass is 858 g/mol. The molecule has 336 valence electrons. The number of imide groups is 2. The number of likely N-dealkylation sites (tertiary alicyclic amines) is 2. The summed E-state index contributed by atoms with van der Waals surface area (Å²) in [5, 5.41) is 12.0. The first kappa shape index (κ1) is 41.8. The Hall–Kier alpha value is -4.24. The number of benzene rings is 1. The molecule has 0 saturated carbocycles. The van der Waals surface area contributed by atoms with Crippen LogP contribution in [0.1, 0.15) is 84.9 Å². The lowest BCUT2D eigenvalue weighted by Crippen LogP contribution is -2.81. The minimum atomic E-state index is -0.983. The minimum Gasteiger partial charge on any atom is -0.438 e. The van der Waals surface area contributed by atoms with Crippen molar-refractivity contribution < 1.29 is 33.5 Å².